The van der Waals surface area contributed by atoms with Gasteiger partial charge in [0.25, 0.3) is 0 Å². The van der Waals surface area contributed by atoms with Crippen LogP contribution in [-0.4, -0.2) is 25.0 Å². The summed E-state index contributed by atoms with van der Waals surface area (Å²) in [6.45, 7) is 9.30. The normalized spacial score (nSPS) is 9.78. The van der Waals surface area contributed by atoms with Gasteiger partial charge in [-0.1, -0.05) is 13.2 Å². The molecule has 0 amide bonds. The fourth-order valence-electron chi connectivity index (χ4n) is 1.55. The number of aryl methyl sites for hydroxylation is 1. The van der Waals surface area contributed by atoms with Gasteiger partial charge in [0.05, 0.1) is 7.11 Å². The molecule has 1 aromatic rings. The molecule has 0 atom stereocenters. The number of methoxy groups -OCH3 is 1. The lowest BCUT2D eigenvalue weighted by Gasteiger charge is -2.23. The van der Waals surface area contributed by atoms with Crippen LogP contribution in [0.5, 0.6) is 0 Å². The van der Waals surface area contributed by atoms with E-state index in [1.54, 1.807) is 20.0 Å². The summed E-state index contributed by atoms with van der Waals surface area (Å²) in [5.41, 5.74) is 2.22. The summed E-state index contributed by atoms with van der Waals surface area (Å²) in [5, 5.41) is 0. The second-order valence-corrected chi connectivity index (χ2v) is 3.90. The number of halogens is 1. The topological polar surface area (TPSA) is 29.5 Å². The lowest BCUT2D eigenvalue weighted by molar-refractivity contribution is -0.137. The predicted octanol–water partition coefficient (Wildman–Crippen LogP) is 2.72. The van der Waals surface area contributed by atoms with Crippen molar-refractivity contribution in [2.24, 2.45) is 0 Å². The van der Waals surface area contributed by atoms with E-state index in [1.165, 1.54) is 24.1 Å². The first-order chi connectivity index (χ1) is 8.38. The third-order valence-corrected chi connectivity index (χ3v) is 2.73. The van der Waals surface area contributed by atoms with E-state index in [4.69, 9.17) is 0 Å². The van der Waals surface area contributed by atoms with Gasteiger partial charge in [-0.15, -0.1) is 0 Å². The maximum atomic E-state index is 13.0. The summed E-state index contributed by atoms with van der Waals surface area (Å²) in [6, 6.07) is 4.38. The second kappa shape index (κ2) is 5.49. The molecule has 0 radical (unpaired) electrons. The van der Waals surface area contributed by atoms with Crippen molar-refractivity contribution in [3.05, 3.63) is 54.0 Å². The zero-order valence-corrected chi connectivity index (χ0v) is 10.8. The first kappa shape index (κ1) is 14.0. The highest BCUT2D eigenvalue weighted by atomic mass is 19.1. The Balaban J connectivity index is 3.00. The zero-order chi connectivity index (χ0) is 13.9. The van der Waals surface area contributed by atoms with Crippen molar-refractivity contribution in [2.45, 2.75) is 6.92 Å². The minimum atomic E-state index is -0.529. The molecule has 0 spiro atoms. The second-order valence-electron chi connectivity index (χ2n) is 3.90. The van der Waals surface area contributed by atoms with Crippen LogP contribution in [0, 0.1) is 12.7 Å². The van der Waals surface area contributed by atoms with Gasteiger partial charge >= 0.3 is 5.97 Å². The van der Waals surface area contributed by atoms with E-state index in [-0.39, 0.29) is 11.5 Å². The Morgan fingerprint density at radius 2 is 2.00 bits per heavy atom. The SMILES string of the molecule is C=C(C(=O)OC)N(C)C(=C)c1ccc(F)cc1C. The molecule has 18 heavy (non-hydrogen) atoms. The van der Waals surface area contributed by atoms with Crippen molar-refractivity contribution in [2.75, 3.05) is 14.2 Å². The van der Waals surface area contributed by atoms with Crippen molar-refractivity contribution in [1.82, 2.24) is 4.90 Å². The molecule has 0 heterocycles. The number of ether oxygens (including phenoxy) is 1. The van der Waals surface area contributed by atoms with E-state index < -0.39 is 5.97 Å². The van der Waals surface area contributed by atoms with Gasteiger partial charge in [-0.3, -0.25) is 0 Å². The molecular formula is C14H16FNO2. The van der Waals surface area contributed by atoms with Gasteiger partial charge in [-0.25, -0.2) is 9.18 Å². The van der Waals surface area contributed by atoms with Crippen LogP contribution < -0.4 is 0 Å². The number of esters is 1. The number of carbonyl (C=O) groups excluding carboxylic acids is 1. The van der Waals surface area contributed by atoms with Gasteiger partial charge in [0.1, 0.15) is 11.5 Å². The van der Waals surface area contributed by atoms with Gasteiger partial charge in [0.2, 0.25) is 0 Å². The summed E-state index contributed by atoms with van der Waals surface area (Å²) in [7, 11) is 2.94. The zero-order valence-electron chi connectivity index (χ0n) is 10.8. The number of carbonyl (C=O) groups is 1. The minimum absolute atomic E-state index is 0.172. The monoisotopic (exact) mass is 249 g/mol. The van der Waals surface area contributed by atoms with Crippen molar-refractivity contribution < 1.29 is 13.9 Å². The third-order valence-electron chi connectivity index (χ3n) is 2.73. The van der Waals surface area contributed by atoms with Crippen LogP contribution in [0.15, 0.2) is 37.1 Å². The molecular weight excluding hydrogens is 233 g/mol. The minimum Gasteiger partial charge on any atom is -0.464 e. The molecule has 0 unspecified atom stereocenters. The maximum Gasteiger partial charge on any atom is 0.354 e. The summed E-state index contributed by atoms with van der Waals surface area (Å²) in [5.74, 6) is -0.836. The molecule has 0 N–H and O–H groups in total. The molecule has 0 fully saturated rings. The quantitative estimate of drug-likeness (QED) is 0.607. The summed E-state index contributed by atoms with van der Waals surface area (Å²) < 4.78 is 17.6. The summed E-state index contributed by atoms with van der Waals surface area (Å²) in [6.07, 6.45) is 0. The molecule has 96 valence electrons. The third kappa shape index (κ3) is 2.77. The van der Waals surface area contributed by atoms with Crippen LogP contribution in [0.25, 0.3) is 5.70 Å². The lowest BCUT2D eigenvalue weighted by Crippen LogP contribution is -2.22. The van der Waals surface area contributed by atoms with E-state index in [0.717, 1.165) is 11.1 Å². The smallest absolute Gasteiger partial charge is 0.354 e. The van der Waals surface area contributed by atoms with Crippen molar-refractivity contribution in [3.63, 3.8) is 0 Å². The van der Waals surface area contributed by atoms with Gasteiger partial charge in [-0.05, 0) is 30.7 Å². The number of likely N-dealkylation sites (N-methyl/N-ethyl adjacent to an activating group) is 1. The van der Waals surface area contributed by atoms with Gasteiger partial charge < -0.3 is 9.64 Å². The average molecular weight is 249 g/mol. The van der Waals surface area contributed by atoms with Crippen molar-refractivity contribution in [1.29, 1.82) is 0 Å². The Morgan fingerprint density at radius 3 is 2.50 bits per heavy atom. The van der Waals surface area contributed by atoms with E-state index in [0.29, 0.717) is 5.70 Å². The first-order valence-electron chi connectivity index (χ1n) is 5.35. The van der Waals surface area contributed by atoms with E-state index in [2.05, 4.69) is 17.9 Å². The van der Waals surface area contributed by atoms with Crippen LogP contribution in [0.4, 0.5) is 4.39 Å². The van der Waals surface area contributed by atoms with Gasteiger partial charge in [0.15, 0.2) is 0 Å². The van der Waals surface area contributed by atoms with Crippen LogP contribution in [0.3, 0.4) is 0 Å². The number of hydrogen-bond acceptors (Lipinski definition) is 3. The molecule has 0 aliphatic heterocycles. The molecule has 0 aliphatic carbocycles. The highest BCUT2D eigenvalue weighted by Gasteiger charge is 2.16. The molecule has 3 nitrogen and oxygen atoms in total. The number of benzene rings is 1. The summed E-state index contributed by atoms with van der Waals surface area (Å²) >= 11 is 0. The molecule has 0 bridgehead atoms. The summed E-state index contributed by atoms with van der Waals surface area (Å²) in [4.78, 5) is 12.9. The van der Waals surface area contributed by atoms with Crippen LogP contribution in [-0.2, 0) is 9.53 Å². The Bertz CT molecular complexity index is 509. The predicted molar refractivity (Wildman–Crippen MR) is 69.1 cm³/mol. The molecule has 0 saturated carbocycles. The molecule has 0 saturated heterocycles. The van der Waals surface area contributed by atoms with E-state index in [9.17, 15) is 9.18 Å². The molecule has 0 aromatic heterocycles. The van der Waals surface area contributed by atoms with Crippen LogP contribution >= 0.6 is 0 Å². The fourth-order valence-corrected chi connectivity index (χ4v) is 1.55. The van der Waals surface area contributed by atoms with E-state index in [1.807, 2.05) is 0 Å². The molecule has 4 heteroatoms. The number of nitrogens with zero attached hydrogens (tertiary/aromatic N) is 1. The number of hydrogen-bond donors (Lipinski definition) is 0. The average Bonchev–Trinajstić information content (AvgIpc) is 2.35. The number of rotatable bonds is 4. The lowest BCUT2D eigenvalue weighted by atomic mass is 10.1. The first-order valence-corrected chi connectivity index (χ1v) is 5.35. The molecule has 1 rings (SSSR count). The van der Waals surface area contributed by atoms with E-state index >= 15 is 0 Å². The maximum absolute atomic E-state index is 13.0. The largest absolute Gasteiger partial charge is 0.464 e. The van der Waals surface area contributed by atoms with Crippen LogP contribution in [0.1, 0.15) is 11.1 Å². The van der Waals surface area contributed by atoms with Gasteiger partial charge in [0, 0.05) is 18.3 Å². The van der Waals surface area contributed by atoms with Crippen molar-refractivity contribution >= 4 is 11.7 Å². The Morgan fingerprint density at radius 1 is 1.39 bits per heavy atom. The Kier molecular flexibility index (Phi) is 4.26. The highest BCUT2D eigenvalue weighted by molar-refractivity contribution is 5.89. The fraction of sp³-hybridized carbons (Fsp3) is 0.214. The Hall–Kier alpha value is -2.10. The Labute approximate surface area is 106 Å². The van der Waals surface area contributed by atoms with Crippen molar-refractivity contribution in [3.8, 4) is 0 Å². The van der Waals surface area contributed by atoms with Gasteiger partial charge in [-0.2, -0.15) is 0 Å². The standard InChI is InChI=1S/C14H16FNO2/c1-9-8-12(15)6-7-13(9)10(2)16(4)11(3)14(17)18-5/h6-8H,2-3H2,1,4-5H3. The molecule has 0 aliphatic rings. The highest BCUT2D eigenvalue weighted by Crippen LogP contribution is 2.23. The molecule has 1 aromatic carbocycles. The van der Waals surface area contributed by atoms with Crippen LogP contribution in [0.2, 0.25) is 0 Å².